The van der Waals surface area contributed by atoms with Gasteiger partial charge >= 0.3 is 0 Å². The maximum absolute atomic E-state index is 12.7. The summed E-state index contributed by atoms with van der Waals surface area (Å²) in [4.78, 5) is 19.2. The monoisotopic (exact) mass is 372 g/mol. The van der Waals surface area contributed by atoms with E-state index in [-0.39, 0.29) is 30.7 Å². The molecule has 1 aliphatic heterocycles. The van der Waals surface area contributed by atoms with E-state index in [9.17, 15) is 4.79 Å². The second-order valence-corrected chi connectivity index (χ2v) is 6.14. The standard InChI is InChI=1S/C17H24N4O.2ClH/c1-13-19-15-7-3-4-8-16(15)21(13)12-17(22)20-9-5-6-14(11-20)10-18-2;;/h3-4,7-8,14,18H,5-6,9-12H2,1-2H3;2*1H. The first-order valence-corrected chi connectivity index (χ1v) is 8.03. The van der Waals surface area contributed by atoms with Crippen molar-refractivity contribution in [2.24, 2.45) is 5.92 Å². The van der Waals surface area contributed by atoms with Gasteiger partial charge in [-0.1, -0.05) is 12.1 Å². The Morgan fingerprint density at radius 1 is 1.33 bits per heavy atom. The molecule has 0 spiro atoms. The second kappa shape index (κ2) is 9.25. The van der Waals surface area contributed by atoms with Gasteiger partial charge in [0.15, 0.2) is 0 Å². The number of imidazole rings is 1. The van der Waals surface area contributed by atoms with Crippen LogP contribution in [-0.2, 0) is 11.3 Å². The maximum atomic E-state index is 12.7. The quantitative estimate of drug-likeness (QED) is 0.897. The zero-order valence-corrected chi connectivity index (χ0v) is 15.8. The minimum atomic E-state index is 0. The summed E-state index contributed by atoms with van der Waals surface area (Å²) in [6.07, 6.45) is 2.30. The van der Waals surface area contributed by atoms with Crippen LogP contribution in [0, 0.1) is 12.8 Å². The van der Waals surface area contributed by atoms with Crippen molar-refractivity contribution in [2.45, 2.75) is 26.3 Å². The van der Waals surface area contributed by atoms with Gasteiger partial charge in [0, 0.05) is 13.1 Å². The normalized spacial score (nSPS) is 17.2. The summed E-state index contributed by atoms with van der Waals surface area (Å²) in [7, 11) is 1.97. The molecule has 3 rings (SSSR count). The third kappa shape index (κ3) is 4.41. The van der Waals surface area contributed by atoms with Crippen LogP contribution in [0.4, 0.5) is 0 Å². The number of piperidine rings is 1. The number of nitrogens with zero attached hydrogens (tertiary/aromatic N) is 3. The summed E-state index contributed by atoms with van der Waals surface area (Å²) in [5.74, 6) is 1.67. The molecule has 0 radical (unpaired) electrons. The minimum Gasteiger partial charge on any atom is -0.341 e. The SMILES string of the molecule is CNCC1CCCN(C(=O)Cn2c(C)nc3ccccc32)C1.Cl.Cl. The molecule has 1 atom stereocenters. The number of likely N-dealkylation sites (tertiary alicyclic amines) is 1. The first-order chi connectivity index (χ1) is 10.7. The number of nitrogens with one attached hydrogen (secondary N) is 1. The number of aromatic nitrogens is 2. The van der Waals surface area contributed by atoms with Crippen LogP contribution < -0.4 is 5.32 Å². The Kier molecular flexibility index (Phi) is 8.00. The smallest absolute Gasteiger partial charge is 0.242 e. The summed E-state index contributed by atoms with van der Waals surface area (Å²) >= 11 is 0. The lowest BCUT2D eigenvalue weighted by atomic mass is 9.98. The summed E-state index contributed by atoms with van der Waals surface area (Å²) in [6, 6.07) is 8.00. The van der Waals surface area contributed by atoms with Crippen LogP contribution in [0.5, 0.6) is 0 Å². The topological polar surface area (TPSA) is 50.2 Å². The molecule has 0 saturated carbocycles. The molecule has 1 fully saturated rings. The predicted molar refractivity (Wildman–Crippen MR) is 102 cm³/mol. The van der Waals surface area contributed by atoms with Crippen LogP contribution in [0.2, 0.25) is 0 Å². The second-order valence-electron chi connectivity index (χ2n) is 6.14. The van der Waals surface area contributed by atoms with Crippen molar-refractivity contribution in [2.75, 3.05) is 26.7 Å². The van der Waals surface area contributed by atoms with Crippen LogP contribution in [0.3, 0.4) is 0 Å². The van der Waals surface area contributed by atoms with E-state index in [0.29, 0.717) is 12.5 Å². The van der Waals surface area contributed by atoms with Crippen LogP contribution in [-0.4, -0.2) is 47.0 Å². The van der Waals surface area contributed by atoms with Gasteiger partial charge in [0.25, 0.3) is 0 Å². The van der Waals surface area contributed by atoms with Gasteiger partial charge in [-0.2, -0.15) is 0 Å². The number of carbonyl (C=O) groups excluding carboxylic acids is 1. The first-order valence-electron chi connectivity index (χ1n) is 8.03. The Balaban J connectivity index is 0.00000144. The van der Waals surface area contributed by atoms with Crippen molar-refractivity contribution in [1.82, 2.24) is 19.8 Å². The summed E-state index contributed by atoms with van der Waals surface area (Å²) in [5.41, 5.74) is 2.00. The average Bonchev–Trinajstić information content (AvgIpc) is 2.84. The summed E-state index contributed by atoms with van der Waals surface area (Å²) in [6.45, 7) is 5.08. The Morgan fingerprint density at radius 3 is 2.83 bits per heavy atom. The lowest BCUT2D eigenvalue weighted by Gasteiger charge is -2.33. The van der Waals surface area contributed by atoms with E-state index >= 15 is 0 Å². The number of carbonyl (C=O) groups is 1. The van der Waals surface area contributed by atoms with Crippen molar-refractivity contribution in [3.05, 3.63) is 30.1 Å². The number of amides is 1. The molecule has 1 aliphatic rings. The Labute approximate surface area is 155 Å². The van der Waals surface area contributed by atoms with Crippen LogP contribution in [0.15, 0.2) is 24.3 Å². The maximum Gasteiger partial charge on any atom is 0.242 e. The van der Waals surface area contributed by atoms with Crippen molar-refractivity contribution in [3.63, 3.8) is 0 Å². The average molecular weight is 373 g/mol. The molecule has 1 saturated heterocycles. The molecule has 2 aromatic rings. The minimum absolute atomic E-state index is 0. The molecule has 1 N–H and O–H groups in total. The number of hydrogen-bond acceptors (Lipinski definition) is 3. The zero-order valence-electron chi connectivity index (χ0n) is 14.2. The number of rotatable bonds is 4. The molecule has 2 heterocycles. The number of fused-ring (bicyclic) bond motifs is 1. The highest BCUT2D eigenvalue weighted by molar-refractivity contribution is 5.85. The first kappa shape index (κ1) is 20.7. The fourth-order valence-corrected chi connectivity index (χ4v) is 3.38. The molecule has 1 aromatic heterocycles. The summed E-state index contributed by atoms with van der Waals surface area (Å²) in [5, 5.41) is 3.22. The van der Waals surface area contributed by atoms with Crippen molar-refractivity contribution < 1.29 is 4.79 Å². The van der Waals surface area contributed by atoms with Crippen LogP contribution in [0.1, 0.15) is 18.7 Å². The van der Waals surface area contributed by atoms with Gasteiger partial charge in [-0.05, 0) is 51.4 Å². The number of para-hydroxylation sites is 2. The fraction of sp³-hybridized carbons (Fsp3) is 0.529. The molecule has 5 nitrogen and oxygen atoms in total. The predicted octanol–water partition coefficient (Wildman–Crippen LogP) is 2.65. The third-order valence-corrected chi connectivity index (χ3v) is 4.50. The molecule has 1 unspecified atom stereocenters. The van der Waals surface area contributed by atoms with E-state index in [2.05, 4.69) is 10.3 Å². The van der Waals surface area contributed by atoms with E-state index in [1.54, 1.807) is 0 Å². The largest absolute Gasteiger partial charge is 0.341 e. The lowest BCUT2D eigenvalue weighted by Crippen LogP contribution is -2.43. The number of halogens is 2. The Hall–Kier alpha value is -1.30. The highest BCUT2D eigenvalue weighted by Gasteiger charge is 2.24. The van der Waals surface area contributed by atoms with Crippen molar-refractivity contribution in [3.8, 4) is 0 Å². The Bertz CT molecular complexity index is 672. The van der Waals surface area contributed by atoms with Crippen LogP contribution in [0.25, 0.3) is 11.0 Å². The van der Waals surface area contributed by atoms with Gasteiger partial charge in [-0.3, -0.25) is 4.79 Å². The van der Waals surface area contributed by atoms with E-state index in [1.165, 1.54) is 6.42 Å². The molecule has 0 aliphatic carbocycles. The van der Waals surface area contributed by atoms with Gasteiger partial charge in [-0.15, -0.1) is 24.8 Å². The molecule has 134 valence electrons. The molecule has 1 aromatic carbocycles. The van der Waals surface area contributed by atoms with E-state index in [4.69, 9.17) is 0 Å². The molecule has 1 amide bonds. The van der Waals surface area contributed by atoms with Gasteiger partial charge < -0.3 is 14.8 Å². The number of hydrogen-bond donors (Lipinski definition) is 1. The number of benzene rings is 1. The zero-order chi connectivity index (χ0) is 15.5. The molecule has 24 heavy (non-hydrogen) atoms. The van der Waals surface area contributed by atoms with Gasteiger partial charge in [0.2, 0.25) is 5.91 Å². The van der Waals surface area contributed by atoms with E-state index < -0.39 is 0 Å². The number of aryl methyl sites for hydroxylation is 1. The third-order valence-electron chi connectivity index (χ3n) is 4.50. The fourth-order valence-electron chi connectivity index (χ4n) is 3.38. The van der Waals surface area contributed by atoms with Crippen molar-refractivity contribution in [1.29, 1.82) is 0 Å². The summed E-state index contributed by atoms with van der Waals surface area (Å²) < 4.78 is 2.03. The van der Waals surface area contributed by atoms with Gasteiger partial charge in [0.1, 0.15) is 12.4 Å². The Morgan fingerprint density at radius 2 is 2.08 bits per heavy atom. The molecule has 7 heteroatoms. The molecular weight excluding hydrogens is 347 g/mol. The molecular formula is C17H26Cl2N4O. The van der Waals surface area contributed by atoms with Gasteiger partial charge in [-0.25, -0.2) is 4.98 Å². The van der Waals surface area contributed by atoms with Crippen molar-refractivity contribution >= 4 is 41.8 Å². The van der Waals surface area contributed by atoms with Crippen LogP contribution >= 0.6 is 24.8 Å². The highest BCUT2D eigenvalue weighted by atomic mass is 35.5. The van der Waals surface area contributed by atoms with E-state index in [0.717, 1.165) is 42.9 Å². The lowest BCUT2D eigenvalue weighted by molar-refractivity contribution is -0.133. The molecule has 0 bridgehead atoms. The van der Waals surface area contributed by atoms with Gasteiger partial charge in [0.05, 0.1) is 11.0 Å². The van der Waals surface area contributed by atoms with E-state index in [1.807, 2.05) is 47.7 Å². The highest BCUT2D eigenvalue weighted by Crippen LogP contribution is 2.19.